The molecule has 322 valence electrons. The summed E-state index contributed by atoms with van der Waals surface area (Å²) in [4.78, 5) is 22.7. The Bertz CT molecular complexity index is 860. The number of allylic oxidation sites excluding steroid dienone is 1. The number of nitrogens with two attached hydrogens (primary N) is 1. The van der Waals surface area contributed by atoms with Crippen LogP contribution in [0.2, 0.25) is 0 Å². The van der Waals surface area contributed by atoms with Gasteiger partial charge in [-0.2, -0.15) is 0 Å². The summed E-state index contributed by atoms with van der Waals surface area (Å²) in [6.07, 6.45) is 47.0. The van der Waals surface area contributed by atoms with E-state index in [-0.39, 0.29) is 25.7 Å². The van der Waals surface area contributed by atoms with E-state index >= 15 is 0 Å². The van der Waals surface area contributed by atoms with E-state index in [0.717, 1.165) is 38.5 Å². The highest BCUT2D eigenvalue weighted by atomic mass is 31.2. The second-order valence-corrected chi connectivity index (χ2v) is 17.4. The summed E-state index contributed by atoms with van der Waals surface area (Å²) in [6, 6.07) is -0.854. The number of phosphoric ester groups is 1. The van der Waals surface area contributed by atoms with Crippen molar-refractivity contribution in [3.63, 3.8) is 0 Å². The summed E-state index contributed by atoms with van der Waals surface area (Å²) >= 11 is 0. The van der Waals surface area contributed by atoms with Crippen LogP contribution in [0.15, 0.2) is 12.2 Å². The first-order valence-corrected chi connectivity index (χ1v) is 24.8. The van der Waals surface area contributed by atoms with Crippen LogP contribution < -0.4 is 11.1 Å². The first-order chi connectivity index (χ1) is 26.4. The average molecular weight is 787 g/mol. The molecule has 0 radical (unpaired) electrons. The summed E-state index contributed by atoms with van der Waals surface area (Å²) in [5.41, 5.74) is 5.38. The van der Waals surface area contributed by atoms with E-state index in [4.69, 9.17) is 14.8 Å². The second-order valence-electron chi connectivity index (χ2n) is 16.0. The zero-order chi connectivity index (χ0) is 39.6. The minimum atomic E-state index is -4.33. The van der Waals surface area contributed by atoms with E-state index in [9.17, 15) is 19.4 Å². The number of phosphoric acid groups is 1. The highest BCUT2D eigenvalue weighted by molar-refractivity contribution is 7.47. The molecule has 0 spiro atoms. The molecule has 0 saturated heterocycles. The van der Waals surface area contributed by atoms with Gasteiger partial charge in [-0.15, -0.1) is 0 Å². The molecule has 0 fully saturated rings. The highest BCUT2D eigenvalue weighted by Crippen LogP contribution is 2.43. The van der Waals surface area contributed by atoms with Crippen molar-refractivity contribution in [1.29, 1.82) is 0 Å². The van der Waals surface area contributed by atoms with Gasteiger partial charge in [-0.3, -0.25) is 13.8 Å². The van der Waals surface area contributed by atoms with Crippen LogP contribution in [-0.2, 0) is 18.4 Å². The van der Waals surface area contributed by atoms with Crippen molar-refractivity contribution < 1.29 is 28.4 Å². The van der Waals surface area contributed by atoms with Crippen LogP contribution in [0.25, 0.3) is 0 Å². The Morgan fingerprint density at radius 3 is 1.31 bits per heavy atom. The molecule has 0 saturated carbocycles. The third kappa shape index (κ3) is 39.5. The van der Waals surface area contributed by atoms with Crippen molar-refractivity contribution in [2.24, 2.45) is 5.73 Å². The quantitative estimate of drug-likeness (QED) is 0.0275. The van der Waals surface area contributed by atoms with Crippen molar-refractivity contribution in [3.05, 3.63) is 12.2 Å². The number of rotatable bonds is 44. The van der Waals surface area contributed by atoms with E-state index in [1.54, 1.807) is 6.08 Å². The first kappa shape index (κ1) is 53.2. The summed E-state index contributed by atoms with van der Waals surface area (Å²) in [7, 11) is -4.33. The van der Waals surface area contributed by atoms with Crippen LogP contribution in [0.5, 0.6) is 0 Å². The molecule has 0 aromatic heterocycles. The molecule has 0 bridgehead atoms. The van der Waals surface area contributed by atoms with Gasteiger partial charge in [0.1, 0.15) is 0 Å². The first-order valence-electron chi connectivity index (χ1n) is 23.3. The Morgan fingerprint density at radius 2 is 0.944 bits per heavy atom. The molecule has 0 aliphatic carbocycles. The normalized spacial score (nSPS) is 14.1. The number of unbranched alkanes of at least 4 members (excludes halogenated alkanes) is 32. The number of nitrogens with one attached hydrogen (secondary N) is 1. The van der Waals surface area contributed by atoms with Gasteiger partial charge >= 0.3 is 7.82 Å². The van der Waals surface area contributed by atoms with Gasteiger partial charge in [0, 0.05) is 13.0 Å². The predicted molar refractivity (Wildman–Crippen MR) is 231 cm³/mol. The second kappa shape index (κ2) is 41.9. The van der Waals surface area contributed by atoms with Crippen molar-refractivity contribution >= 4 is 13.7 Å². The fourth-order valence-electron chi connectivity index (χ4n) is 7.07. The maximum absolute atomic E-state index is 12.8. The minimum Gasteiger partial charge on any atom is -0.387 e. The van der Waals surface area contributed by atoms with E-state index in [2.05, 4.69) is 19.2 Å². The molecule has 0 rings (SSSR count). The van der Waals surface area contributed by atoms with E-state index in [0.29, 0.717) is 6.42 Å². The number of hydrogen-bond donors (Lipinski definition) is 4. The Balaban J connectivity index is 4.06. The third-order valence-electron chi connectivity index (χ3n) is 10.6. The highest BCUT2D eigenvalue weighted by Gasteiger charge is 2.26. The fourth-order valence-corrected chi connectivity index (χ4v) is 7.83. The molecule has 0 aliphatic heterocycles. The molecule has 1 amide bonds. The molecule has 0 aromatic rings. The Kier molecular flexibility index (Phi) is 41.3. The van der Waals surface area contributed by atoms with Gasteiger partial charge in [0.15, 0.2) is 0 Å². The number of aliphatic hydroxyl groups is 1. The number of hydrogen-bond acceptors (Lipinski definition) is 6. The third-order valence-corrected chi connectivity index (χ3v) is 11.6. The lowest BCUT2D eigenvalue weighted by Crippen LogP contribution is -2.45. The van der Waals surface area contributed by atoms with Crippen LogP contribution in [0.3, 0.4) is 0 Å². The Labute approximate surface area is 335 Å². The standard InChI is InChI=1S/C45H91N2O6P/c1-3-5-7-9-11-13-15-17-18-19-20-21-22-23-24-25-27-29-31-33-35-37-39-45(49)47-43(42-53-54(50,51)52-41-40-46)44(48)38-36-34-32-30-28-26-16-14-12-10-8-6-4-2/h36,38,43-44,48H,3-35,37,39-42,46H2,1-2H3,(H,47,49)(H,50,51)/b38-36+. The molecule has 8 nitrogen and oxygen atoms in total. The van der Waals surface area contributed by atoms with Crippen molar-refractivity contribution in [2.45, 2.75) is 251 Å². The Morgan fingerprint density at radius 1 is 0.593 bits per heavy atom. The topological polar surface area (TPSA) is 131 Å². The maximum Gasteiger partial charge on any atom is 0.472 e. The van der Waals surface area contributed by atoms with E-state index < -0.39 is 20.0 Å². The summed E-state index contributed by atoms with van der Waals surface area (Å²) in [5, 5.41) is 13.7. The lowest BCUT2D eigenvalue weighted by atomic mass is 10.0. The zero-order valence-corrected chi connectivity index (χ0v) is 36.6. The lowest BCUT2D eigenvalue weighted by molar-refractivity contribution is -0.123. The summed E-state index contributed by atoms with van der Waals surface area (Å²) in [6.45, 7) is 4.16. The van der Waals surface area contributed by atoms with Crippen molar-refractivity contribution in [2.75, 3.05) is 19.8 Å². The van der Waals surface area contributed by atoms with E-state index in [1.807, 2.05) is 6.08 Å². The van der Waals surface area contributed by atoms with Gasteiger partial charge in [0.25, 0.3) is 0 Å². The zero-order valence-electron chi connectivity index (χ0n) is 35.7. The summed E-state index contributed by atoms with van der Waals surface area (Å²) in [5.74, 6) is -0.190. The van der Waals surface area contributed by atoms with Gasteiger partial charge < -0.3 is 21.1 Å². The van der Waals surface area contributed by atoms with Gasteiger partial charge in [-0.05, 0) is 19.3 Å². The van der Waals surface area contributed by atoms with Gasteiger partial charge in [-0.1, -0.05) is 225 Å². The molecule has 3 atom stereocenters. The predicted octanol–water partition coefficient (Wildman–Crippen LogP) is 13.2. The SMILES string of the molecule is CCCCCCCCCCCCC/C=C/C(O)C(COP(=O)(O)OCCN)NC(=O)CCCCCCCCCCCCCCCCCCCCCCCC. The molecule has 0 aliphatic rings. The van der Waals surface area contributed by atoms with Crippen LogP contribution in [0.1, 0.15) is 239 Å². The largest absolute Gasteiger partial charge is 0.472 e. The van der Waals surface area contributed by atoms with Gasteiger partial charge in [-0.25, -0.2) is 4.57 Å². The number of carbonyl (C=O) groups excluding carboxylic acids is 1. The van der Waals surface area contributed by atoms with E-state index in [1.165, 1.54) is 180 Å². The van der Waals surface area contributed by atoms with Crippen LogP contribution in [0, 0.1) is 0 Å². The minimum absolute atomic E-state index is 0.0814. The lowest BCUT2D eigenvalue weighted by Gasteiger charge is -2.23. The summed E-state index contributed by atoms with van der Waals surface area (Å²) < 4.78 is 22.1. The molecular weight excluding hydrogens is 695 g/mol. The molecule has 9 heteroatoms. The monoisotopic (exact) mass is 787 g/mol. The molecular formula is C45H91N2O6P. The molecule has 5 N–H and O–H groups in total. The molecule has 3 unspecified atom stereocenters. The van der Waals surface area contributed by atoms with Crippen LogP contribution in [0.4, 0.5) is 0 Å². The van der Waals surface area contributed by atoms with Gasteiger partial charge in [0.2, 0.25) is 5.91 Å². The maximum atomic E-state index is 12.8. The molecule has 0 aromatic carbocycles. The Hall–Kier alpha value is -0.760. The van der Waals surface area contributed by atoms with Crippen LogP contribution >= 0.6 is 7.82 Å². The average Bonchev–Trinajstić information content (AvgIpc) is 3.16. The number of aliphatic hydroxyl groups excluding tert-OH is 1. The molecule has 0 heterocycles. The smallest absolute Gasteiger partial charge is 0.387 e. The van der Waals surface area contributed by atoms with Crippen LogP contribution in [-0.4, -0.2) is 47.8 Å². The van der Waals surface area contributed by atoms with Crippen molar-refractivity contribution in [3.8, 4) is 0 Å². The fraction of sp³-hybridized carbons (Fsp3) is 0.933. The van der Waals surface area contributed by atoms with Crippen molar-refractivity contribution in [1.82, 2.24) is 5.32 Å². The number of carbonyl (C=O) groups is 1. The molecule has 54 heavy (non-hydrogen) atoms. The number of amides is 1. The van der Waals surface area contributed by atoms with Gasteiger partial charge in [0.05, 0.1) is 25.4 Å².